The molecule has 0 radical (unpaired) electrons. The second-order valence-electron chi connectivity index (χ2n) is 5.21. The van der Waals surface area contributed by atoms with Crippen molar-refractivity contribution >= 4 is 12.4 Å². The molecule has 1 aromatic carbocycles. The summed E-state index contributed by atoms with van der Waals surface area (Å²) in [4.78, 5) is 2.22. The molecule has 1 fully saturated rings. The van der Waals surface area contributed by atoms with Gasteiger partial charge in [-0.05, 0) is 12.0 Å². The molecule has 0 bridgehead atoms. The predicted molar refractivity (Wildman–Crippen MR) is 85.9 cm³/mol. The summed E-state index contributed by atoms with van der Waals surface area (Å²) in [5.41, 5.74) is 1.17. The summed E-state index contributed by atoms with van der Waals surface area (Å²) >= 11 is 0. The highest BCUT2D eigenvalue weighted by atomic mass is 35.5. The number of hydrogen-bond acceptors (Lipinski definition) is 4. The number of benzene rings is 1. The summed E-state index contributed by atoms with van der Waals surface area (Å²) in [6.07, 6.45) is 0.537. The van der Waals surface area contributed by atoms with Crippen LogP contribution in [0, 0.1) is 0 Å². The lowest BCUT2D eigenvalue weighted by atomic mass is 10.1. The van der Waals surface area contributed by atoms with Crippen LogP contribution in [0.2, 0.25) is 0 Å². The van der Waals surface area contributed by atoms with Gasteiger partial charge in [-0.3, -0.25) is 4.90 Å². The minimum Gasteiger partial charge on any atom is -0.389 e. The van der Waals surface area contributed by atoms with Gasteiger partial charge in [0.15, 0.2) is 0 Å². The van der Waals surface area contributed by atoms with Gasteiger partial charge in [0.05, 0.1) is 32.0 Å². The van der Waals surface area contributed by atoms with Crippen LogP contribution >= 0.6 is 12.4 Å². The average molecular weight is 316 g/mol. The lowest BCUT2D eigenvalue weighted by Gasteiger charge is -2.29. The Labute approximate surface area is 133 Å². The number of aliphatic hydroxyl groups excluding tert-OH is 1. The van der Waals surface area contributed by atoms with Gasteiger partial charge in [0.25, 0.3) is 0 Å². The topological polar surface area (TPSA) is 41.9 Å². The number of hydrogen-bond donors (Lipinski definition) is 1. The Bertz CT molecular complexity index is 371. The quantitative estimate of drug-likeness (QED) is 0.838. The fourth-order valence-corrected chi connectivity index (χ4v) is 2.48. The van der Waals surface area contributed by atoms with Crippen molar-refractivity contribution < 1.29 is 14.6 Å². The first-order valence-corrected chi connectivity index (χ1v) is 7.44. The normalized spacial score (nSPS) is 18.8. The summed E-state index contributed by atoms with van der Waals surface area (Å²) in [7, 11) is 0. The molecule has 1 heterocycles. The van der Waals surface area contributed by atoms with Gasteiger partial charge in [0, 0.05) is 19.6 Å². The van der Waals surface area contributed by atoms with Crippen molar-refractivity contribution in [3.05, 3.63) is 35.9 Å². The highest BCUT2D eigenvalue weighted by Gasteiger charge is 2.17. The van der Waals surface area contributed by atoms with E-state index in [1.165, 1.54) is 5.56 Å². The molecule has 2 rings (SSSR count). The van der Waals surface area contributed by atoms with E-state index in [0.29, 0.717) is 13.2 Å². The molecule has 0 aliphatic carbocycles. The molecule has 2 unspecified atom stereocenters. The standard InChI is InChI=1S/C16H25NO3.ClH/c1-2-16(14-6-4-3-5-7-14)20-13-15(18)12-17-8-10-19-11-9-17;/h3-7,15-16,18H,2,8-13H2,1H3;1H. The SMILES string of the molecule is CCC(OCC(O)CN1CCOCC1)c1ccccc1.Cl. The Balaban J connectivity index is 0.00000220. The summed E-state index contributed by atoms with van der Waals surface area (Å²) in [6, 6.07) is 10.2. The Hall–Kier alpha value is -0.650. The molecule has 1 saturated heterocycles. The molecule has 2 atom stereocenters. The number of rotatable bonds is 7. The van der Waals surface area contributed by atoms with E-state index in [0.717, 1.165) is 32.7 Å². The average Bonchev–Trinajstić information content (AvgIpc) is 2.50. The van der Waals surface area contributed by atoms with E-state index in [2.05, 4.69) is 24.0 Å². The molecule has 0 spiro atoms. The maximum Gasteiger partial charge on any atom is 0.0900 e. The van der Waals surface area contributed by atoms with Crippen molar-refractivity contribution in [1.82, 2.24) is 4.90 Å². The first-order valence-electron chi connectivity index (χ1n) is 7.44. The number of nitrogens with zero attached hydrogens (tertiary/aromatic N) is 1. The molecule has 1 N–H and O–H groups in total. The van der Waals surface area contributed by atoms with E-state index in [1.54, 1.807) is 0 Å². The molecular formula is C16H26ClNO3. The van der Waals surface area contributed by atoms with Gasteiger partial charge in [-0.25, -0.2) is 0 Å². The fourth-order valence-electron chi connectivity index (χ4n) is 2.48. The fraction of sp³-hybridized carbons (Fsp3) is 0.625. The molecule has 1 aromatic rings. The van der Waals surface area contributed by atoms with Gasteiger partial charge < -0.3 is 14.6 Å². The molecular weight excluding hydrogens is 290 g/mol. The Morgan fingerprint density at radius 2 is 1.90 bits per heavy atom. The maximum atomic E-state index is 10.1. The van der Waals surface area contributed by atoms with E-state index in [-0.39, 0.29) is 18.5 Å². The highest BCUT2D eigenvalue weighted by Crippen LogP contribution is 2.20. The minimum atomic E-state index is -0.439. The molecule has 120 valence electrons. The lowest BCUT2D eigenvalue weighted by molar-refractivity contribution is -0.0378. The molecule has 0 saturated carbocycles. The number of morpholine rings is 1. The first-order chi connectivity index (χ1) is 9.79. The molecule has 4 nitrogen and oxygen atoms in total. The summed E-state index contributed by atoms with van der Waals surface area (Å²) in [5.74, 6) is 0. The predicted octanol–water partition coefficient (Wildman–Crippen LogP) is 2.27. The van der Waals surface area contributed by atoms with E-state index >= 15 is 0 Å². The van der Waals surface area contributed by atoms with Crippen LogP contribution in [0.25, 0.3) is 0 Å². The van der Waals surface area contributed by atoms with Gasteiger partial charge in [-0.15, -0.1) is 12.4 Å². The summed E-state index contributed by atoms with van der Waals surface area (Å²) in [5, 5.41) is 10.1. The van der Waals surface area contributed by atoms with Gasteiger partial charge in [-0.2, -0.15) is 0 Å². The monoisotopic (exact) mass is 315 g/mol. The third kappa shape index (κ3) is 6.32. The lowest BCUT2D eigenvalue weighted by Crippen LogP contribution is -2.42. The van der Waals surface area contributed by atoms with Crippen molar-refractivity contribution in [1.29, 1.82) is 0 Å². The van der Waals surface area contributed by atoms with Crippen LogP contribution in [0.4, 0.5) is 0 Å². The number of ether oxygens (including phenoxy) is 2. The molecule has 0 amide bonds. The third-order valence-electron chi connectivity index (χ3n) is 3.60. The second-order valence-corrected chi connectivity index (χ2v) is 5.21. The highest BCUT2D eigenvalue weighted by molar-refractivity contribution is 5.85. The van der Waals surface area contributed by atoms with Crippen molar-refractivity contribution in [2.24, 2.45) is 0 Å². The smallest absolute Gasteiger partial charge is 0.0900 e. The molecule has 1 aliphatic heterocycles. The van der Waals surface area contributed by atoms with Crippen LogP contribution in [0.5, 0.6) is 0 Å². The third-order valence-corrected chi connectivity index (χ3v) is 3.60. The van der Waals surface area contributed by atoms with Crippen LogP contribution in [-0.2, 0) is 9.47 Å². The Morgan fingerprint density at radius 3 is 2.52 bits per heavy atom. The Kier molecular flexibility index (Phi) is 8.88. The van der Waals surface area contributed by atoms with E-state index in [9.17, 15) is 5.11 Å². The zero-order chi connectivity index (χ0) is 14.2. The van der Waals surface area contributed by atoms with E-state index in [1.807, 2.05) is 18.2 Å². The maximum absolute atomic E-state index is 10.1. The van der Waals surface area contributed by atoms with E-state index < -0.39 is 6.10 Å². The summed E-state index contributed by atoms with van der Waals surface area (Å²) in [6.45, 7) is 6.45. The van der Waals surface area contributed by atoms with Crippen LogP contribution in [0.15, 0.2) is 30.3 Å². The number of aliphatic hydroxyl groups is 1. The first kappa shape index (κ1) is 18.4. The largest absolute Gasteiger partial charge is 0.389 e. The van der Waals surface area contributed by atoms with E-state index in [4.69, 9.17) is 9.47 Å². The zero-order valence-electron chi connectivity index (χ0n) is 12.6. The molecule has 21 heavy (non-hydrogen) atoms. The Morgan fingerprint density at radius 1 is 1.24 bits per heavy atom. The molecule has 1 aliphatic rings. The summed E-state index contributed by atoms with van der Waals surface area (Å²) < 4.78 is 11.2. The second kappa shape index (κ2) is 10.1. The van der Waals surface area contributed by atoms with Crippen LogP contribution in [0.3, 0.4) is 0 Å². The van der Waals surface area contributed by atoms with Crippen molar-refractivity contribution in [3.8, 4) is 0 Å². The van der Waals surface area contributed by atoms with Gasteiger partial charge in [0.1, 0.15) is 0 Å². The zero-order valence-corrected chi connectivity index (χ0v) is 13.4. The molecule has 5 heteroatoms. The van der Waals surface area contributed by atoms with Gasteiger partial charge in [-0.1, -0.05) is 37.3 Å². The molecule has 0 aromatic heterocycles. The van der Waals surface area contributed by atoms with Gasteiger partial charge >= 0.3 is 0 Å². The van der Waals surface area contributed by atoms with Crippen LogP contribution in [0.1, 0.15) is 25.0 Å². The van der Waals surface area contributed by atoms with Crippen LogP contribution in [-0.4, -0.2) is 55.6 Å². The number of β-amino-alcohol motifs (C(OH)–C–C–N with tert-alkyl or cyclic N) is 1. The van der Waals surface area contributed by atoms with Crippen molar-refractivity contribution in [3.63, 3.8) is 0 Å². The number of halogens is 1. The van der Waals surface area contributed by atoms with Crippen molar-refractivity contribution in [2.45, 2.75) is 25.6 Å². The van der Waals surface area contributed by atoms with Crippen molar-refractivity contribution in [2.75, 3.05) is 39.5 Å². The minimum absolute atomic E-state index is 0. The van der Waals surface area contributed by atoms with Gasteiger partial charge in [0.2, 0.25) is 0 Å². The van der Waals surface area contributed by atoms with Crippen LogP contribution < -0.4 is 0 Å².